The van der Waals surface area contributed by atoms with Crippen LogP contribution in [0.1, 0.15) is 37.3 Å². The fourth-order valence-corrected chi connectivity index (χ4v) is 5.14. The Hall–Kier alpha value is -3.78. The van der Waals surface area contributed by atoms with E-state index < -0.39 is 17.1 Å². The molecule has 2 aromatic heterocycles. The summed E-state index contributed by atoms with van der Waals surface area (Å²) < 4.78 is 16.8. The second kappa shape index (κ2) is 9.11. The Morgan fingerprint density at radius 1 is 1.06 bits per heavy atom. The molecule has 2 heterocycles. The van der Waals surface area contributed by atoms with Crippen LogP contribution in [0.2, 0.25) is 0 Å². The average molecular weight is 475 g/mol. The number of benzene rings is 2. The normalized spacial score (nSPS) is 18.1. The summed E-state index contributed by atoms with van der Waals surface area (Å²) in [6.45, 7) is 1.90. The van der Waals surface area contributed by atoms with Crippen molar-refractivity contribution in [2.24, 2.45) is 0 Å². The number of aromatic hydroxyl groups is 1. The lowest BCUT2D eigenvalue weighted by Crippen LogP contribution is -2.44. The van der Waals surface area contributed by atoms with Gasteiger partial charge >= 0.3 is 5.69 Å². The predicted molar refractivity (Wildman–Crippen MR) is 134 cm³/mol. The zero-order valence-corrected chi connectivity index (χ0v) is 19.7. The van der Waals surface area contributed by atoms with Gasteiger partial charge in [0, 0.05) is 12.1 Å². The Kier molecular flexibility index (Phi) is 5.98. The fourth-order valence-electron chi connectivity index (χ4n) is 5.14. The molecule has 0 atom stereocenters. The van der Waals surface area contributed by atoms with Gasteiger partial charge in [0.1, 0.15) is 11.6 Å². The number of phenolic OH excluding ortho intramolecular Hbond substituents is 1. The van der Waals surface area contributed by atoms with Gasteiger partial charge in [-0.15, -0.1) is 0 Å². The van der Waals surface area contributed by atoms with E-state index in [1.54, 1.807) is 18.2 Å². The Bertz CT molecular complexity index is 1530. The Morgan fingerprint density at radius 2 is 1.83 bits per heavy atom. The van der Waals surface area contributed by atoms with E-state index in [0.717, 1.165) is 41.8 Å². The highest BCUT2D eigenvalue weighted by Crippen LogP contribution is 2.29. The number of hydrogen-bond donors (Lipinski definition) is 2. The van der Waals surface area contributed by atoms with Crippen LogP contribution in [0.4, 0.5) is 4.39 Å². The largest absolute Gasteiger partial charge is 0.508 e. The molecule has 0 radical (unpaired) electrons. The van der Waals surface area contributed by atoms with Gasteiger partial charge in [-0.2, -0.15) is 0 Å². The van der Waals surface area contributed by atoms with Gasteiger partial charge in [0.2, 0.25) is 0 Å². The molecular formula is C27H27FN4O3. The molecule has 8 heteroatoms. The van der Waals surface area contributed by atoms with E-state index in [2.05, 4.69) is 10.3 Å². The minimum Gasteiger partial charge on any atom is -0.508 e. The van der Waals surface area contributed by atoms with Gasteiger partial charge in [0.05, 0.1) is 17.3 Å². The van der Waals surface area contributed by atoms with E-state index in [0.29, 0.717) is 24.6 Å². The molecule has 5 rings (SSSR count). The maximum atomic E-state index is 14.2. The summed E-state index contributed by atoms with van der Waals surface area (Å²) in [7, 11) is 1.91. The maximum Gasteiger partial charge on any atom is 0.337 e. The minimum atomic E-state index is -0.626. The van der Waals surface area contributed by atoms with Crippen LogP contribution in [-0.2, 0) is 0 Å². The highest BCUT2D eigenvalue weighted by atomic mass is 19.1. The maximum absolute atomic E-state index is 14.2. The van der Waals surface area contributed by atoms with Crippen LogP contribution in [0, 0.1) is 12.7 Å². The molecule has 0 amide bonds. The predicted octanol–water partition coefficient (Wildman–Crippen LogP) is 4.07. The third-order valence-electron chi connectivity index (χ3n) is 6.99. The molecule has 2 N–H and O–H groups in total. The topological polar surface area (TPSA) is 89.2 Å². The van der Waals surface area contributed by atoms with Crippen LogP contribution >= 0.6 is 0 Å². The van der Waals surface area contributed by atoms with Gasteiger partial charge in [-0.25, -0.2) is 18.7 Å². The first-order valence-corrected chi connectivity index (χ1v) is 11.8. The molecule has 4 aromatic rings. The Balaban J connectivity index is 1.72. The molecule has 7 nitrogen and oxygen atoms in total. The van der Waals surface area contributed by atoms with E-state index in [1.165, 1.54) is 9.13 Å². The van der Waals surface area contributed by atoms with E-state index in [9.17, 15) is 19.1 Å². The van der Waals surface area contributed by atoms with Crippen molar-refractivity contribution in [1.29, 1.82) is 0 Å². The Morgan fingerprint density at radius 3 is 2.54 bits per heavy atom. The van der Waals surface area contributed by atoms with Gasteiger partial charge in [-0.1, -0.05) is 18.2 Å². The van der Waals surface area contributed by atoms with Gasteiger partial charge in [-0.05, 0) is 86.7 Å². The highest BCUT2D eigenvalue weighted by molar-refractivity contribution is 5.77. The lowest BCUT2D eigenvalue weighted by atomic mass is 9.91. The Labute approximate surface area is 201 Å². The molecular weight excluding hydrogens is 447 g/mol. The summed E-state index contributed by atoms with van der Waals surface area (Å²) >= 11 is 0. The van der Waals surface area contributed by atoms with Crippen molar-refractivity contribution in [2.75, 3.05) is 7.05 Å². The number of nitrogens with one attached hydrogen (secondary N) is 1. The lowest BCUT2D eigenvalue weighted by molar-refractivity contribution is 0.289. The molecule has 1 aliphatic rings. The van der Waals surface area contributed by atoms with E-state index in [-0.39, 0.29) is 22.8 Å². The van der Waals surface area contributed by atoms with Crippen LogP contribution in [0.5, 0.6) is 5.75 Å². The number of nitrogens with zero attached hydrogens (tertiary/aromatic N) is 3. The summed E-state index contributed by atoms with van der Waals surface area (Å²) in [4.78, 5) is 31.4. The van der Waals surface area contributed by atoms with Crippen LogP contribution in [0.15, 0.2) is 64.3 Å². The molecule has 180 valence electrons. The van der Waals surface area contributed by atoms with Crippen molar-refractivity contribution in [3.05, 3.63) is 86.9 Å². The molecule has 35 heavy (non-hydrogen) atoms. The minimum absolute atomic E-state index is 0.0755. The SMILES string of the molecule is CNC1CCC(n2c(=O)c3cc(F)cnc3n(-c3cccc(-c4ccc(O)cc4C)c3)c2=O)CC1. The number of fused-ring (bicyclic) bond motifs is 1. The van der Waals surface area contributed by atoms with Crippen molar-refractivity contribution in [3.63, 3.8) is 0 Å². The summed E-state index contributed by atoms with van der Waals surface area (Å²) in [5, 5.41) is 13.1. The van der Waals surface area contributed by atoms with Crippen LogP contribution in [-0.4, -0.2) is 32.3 Å². The number of aromatic nitrogens is 3. The van der Waals surface area contributed by atoms with Crippen molar-refractivity contribution >= 4 is 11.0 Å². The summed E-state index contributed by atoms with van der Waals surface area (Å²) in [6, 6.07) is 13.7. The number of rotatable bonds is 4. The molecule has 1 saturated carbocycles. The zero-order valence-electron chi connectivity index (χ0n) is 19.7. The second-order valence-electron chi connectivity index (χ2n) is 9.16. The first-order valence-electron chi connectivity index (χ1n) is 11.8. The van der Waals surface area contributed by atoms with Crippen molar-refractivity contribution < 1.29 is 9.50 Å². The van der Waals surface area contributed by atoms with E-state index in [1.807, 2.05) is 38.2 Å². The molecule has 0 bridgehead atoms. The monoisotopic (exact) mass is 474 g/mol. The number of pyridine rings is 1. The quantitative estimate of drug-likeness (QED) is 0.466. The molecule has 2 aromatic carbocycles. The third-order valence-corrected chi connectivity index (χ3v) is 6.99. The van der Waals surface area contributed by atoms with Gasteiger partial charge in [0.25, 0.3) is 5.56 Å². The van der Waals surface area contributed by atoms with Crippen molar-refractivity contribution in [1.82, 2.24) is 19.4 Å². The molecule has 0 aliphatic heterocycles. The number of aryl methyl sites for hydroxylation is 1. The zero-order chi connectivity index (χ0) is 24.7. The van der Waals surface area contributed by atoms with Gasteiger partial charge in [-0.3, -0.25) is 9.36 Å². The molecule has 1 aliphatic carbocycles. The van der Waals surface area contributed by atoms with Crippen LogP contribution in [0.25, 0.3) is 27.8 Å². The highest BCUT2D eigenvalue weighted by Gasteiger charge is 2.26. The standard InChI is InChI=1S/C27H27FN4O3/c1-16-12-22(33)10-11-23(16)17-4-3-5-21(13-17)31-25-24(14-18(28)15-30-25)26(34)32(27(31)35)20-8-6-19(29-2)7-9-20/h3-5,10-15,19-20,29,33H,6-9H2,1-2H3. The van der Waals surface area contributed by atoms with Gasteiger partial charge in [0.15, 0.2) is 5.65 Å². The smallest absolute Gasteiger partial charge is 0.337 e. The number of phenols is 1. The summed E-state index contributed by atoms with van der Waals surface area (Å²) in [5.74, 6) is -0.449. The lowest BCUT2D eigenvalue weighted by Gasteiger charge is -2.29. The summed E-state index contributed by atoms with van der Waals surface area (Å²) in [6.07, 6.45) is 4.08. The van der Waals surface area contributed by atoms with Gasteiger partial charge < -0.3 is 10.4 Å². The number of hydrogen-bond acceptors (Lipinski definition) is 5. The molecule has 0 saturated heterocycles. The fraction of sp³-hybridized carbons (Fsp3) is 0.296. The first-order chi connectivity index (χ1) is 16.9. The average Bonchev–Trinajstić information content (AvgIpc) is 2.85. The van der Waals surface area contributed by atoms with E-state index >= 15 is 0 Å². The first kappa shape index (κ1) is 23.0. The van der Waals surface area contributed by atoms with E-state index in [4.69, 9.17) is 0 Å². The van der Waals surface area contributed by atoms with Crippen LogP contribution < -0.4 is 16.6 Å². The number of halogens is 1. The molecule has 1 fully saturated rings. The van der Waals surface area contributed by atoms with Crippen molar-refractivity contribution in [2.45, 2.75) is 44.7 Å². The summed E-state index contributed by atoms with van der Waals surface area (Å²) in [5.41, 5.74) is 2.30. The molecule has 0 unspecified atom stereocenters. The third kappa shape index (κ3) is 4.14. The van der Waals surface area contributed by atoms with Crippen molar-refractivity contribution in [3.8, 4) is 22.6 Å². The van der Waals surface area contributed by atoms with Crippen LogP contribution in [0.3, 0.4) is 0 Å². The molecule has 0 spiro atoms. The second-order valence-corrected chi connectivity index (χ2v) is 9.16.